The van der Waals surface area contributed by atoms with Gasteiger partial charge in [-0.1, -0.05) is 6.92 Å². The van der Waals surface area contributed by atoms with E-state index in [0.717, 1.165) is 62.4 Å². The zero-order valence-electron chi connectivity index (χ0n) is 19.1. The fourth-order valence-corrected chi connectivity index (χ4v) is 5.55. The fraction of sp³-hybridized carbons (Fsp3) is 0.458. The van der Waals surface area contributed by atoms with Gasteiger partial charge < -0.3 is 15.1 Å². The van der Waals surface area contributed by atoms with Crippen LogP contribution < -0.4 is 14.5 Å². The molecule has 0 radical (unpaired) electrons. The topological polar surface area (TPSA) is 73.0 Å². The first-order valence-electron chi connectivity index (χ1n) is 11.3. The number of aryl methyl sites for hydroxylation is 2. The number of nitrogens with one attached hydrogen (secondary N) is 1. The van der Waals surface area contributed by atoms with Crippen LogP contribution >= 0.6 is 0 Å². The van der Waals surface area contributed by atoms with Gasteiger partial charge in [0.05, 0.1) is 11.9 Å². The summed E-state index contributed by atoms with van der Waals surface area (Å²) in [5.74, 6) is -0.184. The van der Waals surface area contributed by atoms with Gasteiger partial charge in [0.15, 0.2) is 0 Å². The summed E-state index contributed by atoms with van der Waals surface area (Å²) in [6.45, 7) is 9.95. The molecule has 2 heterocycles. The van der Waals surface area contributed by atoms with Gasteiger partial charge in [0.1, 0.15) is 0 Å². The Balaban J connectivity index is 1.47. The summed E-state index contributed by atoms with van der Waals surface area (Å²) in [6.07, 6.45) is 2.73. The molecule has 1 N–H and O–H groups in total. The molecule has 1 fully saturated rings. The number of likely N-dealkylation sites (N-methyl/N-ethyl adjacent to an activating group) is 1. The van der Waals surface area contributed by atoms with Crippen molar-refractivity contribution in [1.29, 1.82) is 0 Å². The second kappa shape index (κ2) is 9.11. The highest BCUT2D eigenvalue weighted by Crippen LogP contribution is 2.30. The maximum Gasteiger partial charge on any atom is 0.255 e. The van der Waals surface area contributed by atoms with Crippen molar-refractivity contribution in [2.45, 2.75) is 26.7 Å². The Morgan fingerprint density at radius 2 is 1.78 bits per heavy atom. The molecule has 2 aliphatic heterocycles. The van der Waals surface area contributed by atoms with Gasteiger partial charge in [-0.15, -0.1) is 0 Å². The first-order valence-corrected chi connectivity index (χ1v) is 13.1. The van der Waals surface area contributed by atoms with E-state index in [1.807, 2.05) is 19.1 Å². The molecule has 1 amide bonds. The van der Waals surface area contributed by atoms with E-state index in [4.69, 9.17) is 0 Å². The van der Waals surface area contributed by atoms with Gasteiger partial charge in [-0.3, -0.25) is 9.10 Å². The normalized spacial score (nSPS) is 17.2. The number of amides is 1. The number of sulfonamides is 1. The quantitative estimate of drug-likeness (QED) is 0.749. The number of carbonyl (C=O) groups excluding carboxylic acids is 1. The van der Waals surface area contributed by atoms with Crippen LogP contribution in [-0.4, -0.2) is 64.7 Å². The number of rotatable bonds is 5. The number of piperazine rings is 1. The Labute approximate surface area is 191 Å². The standard InChI is InChI=1S/C24H32N4O3S/c1-4-26-12-14-27(15-13-26)21-8-9-22(18(2)16-21)25-24(29)20-7-10-23-19(17-20)6-5-11-28(23)32(3,30)31/h7-10,16-17H,4-6,11-15H2,1-3H3,(H,25,29). The van der Waals surface area contributed by atoms with Crippen LogP contribution in [0.2, 0.25) is 0 Å². The van der Waals surface area contributed by atoms with Crippen molar-refractivity contribution in [3.8, 4) is 0 Å². The lowest BCUT2D eigenvalue weighted by atomic mass is 10.0. The number of anilines is 3. The van der Waals surface area contributed by atoms with Crippen molar-refractivity contribution in [3.63, 3.8) is 0 Å². The van der Waals surface area contributed by atoms with E-state index in [2.05, 4.69) is 34.2 Å². The maximum atomic E-state index is 12.9. The summed E-state index contributed by atoms with van der Waals surface area (Å²) in [6, 6.07) is 11.4. The van der Waals surface area contributed by atoms with E-state index in [-0.39, 0.29) is 5.91 Å². The highest BCUT2D eigenvalue weighted by atomic mass is 32.2. The SMILES string of the molecule is CCN1CCN(c2ccc(NC(=O)c3ccc4c(c3)CCCN4S(C)(=O)=O)c(C)c2)CC1. The lowest BCUT2D eigenvalue weighted by Crippen LogP contribution is -2.46. The Kier molecular flexibility index (Phi) is 6.44. The maximum absolute atomic E-state index is 12.9. The Morgan fingerprint density at radius 3 is 2.44 bits per heavy atom. The molecule has 2 aromatic rings. The van der Waals surface area contributed by atoms with Crippen LogP contribution in [-0.2, 0) is 16.4 Å². The third kappa shape index (κ3) is 4.76. The minimum atomic E-state index is -3.32. The molecule has 172 valence electrons. The van der Waals surface area contributed by atoms with E-state index in [9.17, 15) is 13.2 Å². The van der Waals surface area contributed by atoms with Gasteiger partial charge in [-0.2, -0.15) is 0 Å². The summed E-state index contributed by atoms with van der Waals surface area (Å²) < 4.78 is 25.5. The number of hydrogen-bond acceptors (Lipinski definition) is 5. The zero-order valence-corrected chi connectivity index (χ0v) is 19.9. The van der Waals surface area contributed by atoms with Crippen molar-refractivity contribution in [3.05, 3.63) is 53.1 Å². The van der Waals surface area contributed by atoms with Crippen molar-refractivity contribution in [2.75, 3.05) is 60.0 Å². The summed E-state index contributed by atoms with van der Waals surface area (Å²) in [7, 11) is -3.32. The monoisotopic (exact) mass is 456 g/mol. The first kappa shape index (κ1) is 22.6. The van der Waals surface area contributed by atoms with Gasteiger partial charge in [0.25, 0.3) is 5.91 Å². The van der Waals surface area contributed by atoms with Crippen LogP contribution in [0.25, 0.3) is 0 Å². The summed E-state index contributed by atoms with van der Waals surface area (Å²) in [5, 5.41) is 3.02. The zero-order chi connectivity index (χ0) is 22.9. The summed E-state index contributed by atoms with van der Waals surface area (Å²) in [4.78, 5) is 17.8. The molecule has 4 rings (SSSR count). The highest BCUT2D eigenvalue weighted by Gasteiger charge is 2.25. The number of carbonyl (C=O) groups is 1. The van der Waals surface area contributed by atoms with Crippen LogP contribution in [0.1, 0.15) is 34.8 Å². The van der Waals surface area contributed by atoms with Gasteiger partial charge in [-0.05, 0) is 73.8 Å². The molecule has 2 aromatic carbocycles. The van der Waals surface area contributed by atoms with E-state index >= 15 is 0 Å². The van der Waals surface area contributed by atoms with Crippen LogP contribution in [0.15, 0.2) is 36.4 Å². The second-order valence-corrected chi connectivity index (χ2v) is 10.6. The predicted octanol–water partition coefficient (Wildman–Crippen LogP) is 3.10. The van der Waals surface area contributed by atoms with E-state index in [0.29, 0.717) is 17.8 Å². The highest BCUT2D eigenvalue weighted by molar-refractivity contribution is 7.92. The average molecular weight is 457 g/mol. The lowest BCUT2D eigenvalue weighted by molar-refractivity contribution is 0.102. The molecule has 0 aromatic heterocycles. The van der Waals surface area contributed by atoms with Gasteiger partial charge in [-0.25, -0.2) is 8.42 Å². The van der Waals surface area contributed by atoms with Crippen LogP contribution in [0, 0.1) is 6.92 Å². The molecule has 0 atom stereocenters. The lowest BCUT2D eigenvalue weighted by Gasteiger charge is -2.35. The Bertz CT molecular complexity index is 1110. The number of hydrogen-bond donors (Lipinski definition) is 1. The number of nitrogens with zero attached hydrogens (tertiary/aromatic N) is 3. The third-order valence-electron chi connectivity index (χ3n) is 6.46. The molecule has 8 heteroatoms. The summed E-state index contributed by atoms with van der Waals surface area (Å²) >= 11 is 0. The smallest absolute Gasteiger partial charge is 0.255 e. The molecular formula is C24H32N4O3S. The molecular weight excluding hydrogens is 424 g/mol. The molecule has 1 saturated heterocycles. The van der Waals surface area contributed by atoms with Gasteiger partial charge in [0.2, 0.25) is 10.0 Å². The molecule has 32 heavy (non-hydrogen) atoms. The van der Waals surface area contributed by atoms with E-state index in [1.165, 1.54) is 16.2 Å². The molecule has 7 nitrogen and oxygen atoms in total. The van der Waals surface area contributed by atoms with Gasteiger partial charge >= 0.3 is 0 Å². The number of benzene rings is 2. The molecule has 0 aliphatic carbocycles. The molecule has 0 spiro atoms. The molecule has 0 bridgehead atoms. The van der Waals surface area contributed by atoms with Crippen molar-refractivity contribution in [2.24, 2.45) is 0 Å². The van der Waals surface area contributed by atoms with Crippen molar-refractivity contribution in [1.82, 2.24) is 4.90 Å². The van der Waals surface area contributed by atoms with Crippen molar-refractivity contribution >= 4 is 33.0 Å². The van der Waals surface area contributed by atoms with Gasteiger partial charge in [0, 0.05) is 49.7 Å². The largest absolute Gasteiger partial charge is 0.369 e. The number of fused-ring (bicyclic) bond motifs is 1. The third-order valence-corrected chi connectivity index (χ3v) is 7.64. The van der Waals surface area contributed by atoms with E-state index in [1.54, 1.807) is 12.1 Å². The molecule has 2 aliphatic rings. The van der Waals surface area contributed by atoms with E-state index < -0.39 is 10.0 Å². The Hall–Kier alpha value is -2.58. The molecule has 0 saturated carbocycles. The van der Waals surface area contributed by atoms with Crippen LogP contribution in [0.4, 0.5) is 17.1 Å². The second-order valence-electron chi connectivity index (χ2n) is 8.66. The summed E-state index contributed by atoms with van der Waals surface area (Å²) in [5.41, 5.74) is 5.12. The average Bonchev–Trinajstić information content (AvgIpc) is 2.79. The van der Waals surface area contributed by atoms with Crippen LogP contribution in [0.5, 0.6) is 0 Å². The minimum Gasteiger partial charge on any atom is -0.369 e. The molecule has 0 unspecified atom stereocenters. The van der Waals surface area contributed by atoms with Crippen molar-refractivity contribution < 1.29 is 13.2 Å². The van der Waals surface area contributed by atoms with Crippen LogP contribution in [0.3, 0.4) is 0 Å². The fourth-order valence-electron chi connectivity index (χ4n) is 4.55. The minimum absolute atomic E-state index is 0.184. The predicted molar refractivity (Wildman–Crippen MR) is 130 cm³/mol. The first-order chi connectivity index (χ1) is 15.3. The Morgan fingerprint density at radius 1 is 1.03 bits per heavy atom.